The number of halogens is 4. The first-order valence-corrected chi connectivity index (χ1v) is 3.45. The average molecular weight is 204 g/mol. The molecule has 14 heavy (non-hydrogen) atoms. The van der Waals surface area contributed by atoms with Crippen molar-refractivity contribution in [3.8, 4) is 12.3 Å². The topological polar surface area (TPSA) is 24.9 Å². The second-order valence-corrected chi connectivity index (χ2v) is 2.25. The van der Waals surface area contributed by atoms with Gasteiger partial charge < -0.3 is 5.32 Å². The zero-order chi connectivity index (χ0) is 10.7. The Bertz CT molecular complexity index is 371. The van der Waals surface area contributed by atoms with Crippen LogP contribution in [0.5, 0.6) is 0 Å². The SMILES string of the molecule is C#CCNc1c(F)c(F)nc(F)c1F. The van der Waals surface area contributed by atoms with Gasteiger partial charge in [0, 0.05) is 0 Å². The normalized spacial score (nSPS) is 9.64. The Morgan fingerprint density at radius 1 is 1.14 bits per heavy atom. The van der Waals surface area contributed by atoms with E-state index in [2.05, 4.69) is 4.98 Å². The van der Waals surface area contributed by atoms with Crippen molar-refractivity contribution in [1.29, 1.82) is 0 Å². The molecular weight excluding hydrogens is 200 g/mol. The van der Waals surface area contributed by atoms with Gasteiger partial charge in [-0.25, -0.2) is 0 Å². The van der Waals surface area contributed by atoms with Gasteiger partial charge in [-0.05, 0) is 0 Å². The van der Waals surface area contributed by atoms with Crippen LogP contribution >= 0.6 is 0 Å². The molecule has 2 nitrogen and oxygen atoms in total. The first-order valence-electron chi connectivity index (χ1n) is 3.45. The van der Waals surface area contributed by atoms with E-state index in [1.807, 2.05) is 11.2 Å². The maximum Gasteiger partial charge on any atom is 0.253 e. The Morgan fingerprint density at radius 2 is 1.64 bits per heavy atom. The Kier molecular flexibility index (Phi) is 2.92. The van der Waals surface area contributed by atoms with Crippen LogP contribution in [0.1, 0.15) is 0 Å². The number of anilines is 1. The quantitative estimate of drug-likeness (QED) is 0.450. The van der Waals surface area contributed by atoms with Crippen molar-refractivity contribution in [2.24, 2.45) is 0 Å². The lowest BCUT2D eigenvalue weighted by atomic mass is 10.3. The highest BCUT2D eigenvalue weighted by Crippen LogP contribution is 2.21. The highest BCUT2D eigenvalue weighted by atomic mass is 19.2. The second-order valence-electron chi connectivity index (χ2n) is 2.25. The number of hydrogen-bond acceptors (Lipinski definition) is 2. The van der Waals surface area contributed by atoms with Gasteiger partial charge in [0.05, 0.1) is 6.54 Å². The number of hydrogen-bond donors (Lipinski definition) is 1. The summed E-state index contributed by atoms with van der Waals surface area (Å²) in [6, 6.07) is 0. The summed E-state index contributed by atoms with van der Waals surface area (Å²) in [7, 11) is 0. The van der Waals surface area contributed by atoms with Crippen LogP contribution in [0, 0.1) is 35.9 Å². The number of nitrogens with one attached hydrogen (secondary N) is 1. The van der Waals surface area contributed by atoms with Crippen LogP contribution in [0.2, 0.25) is 0 Å². The predicted octanol–water partition coefficient (Wildman–Crippen LogP) is 1.68. The molecule has 1 aromatic heterocycles. The molecule has 0 aliphatic carbocycles. The summed E-state index contributed by atoms with van der Waals surface area (Å²) in [4.78, 5) is 2.37. The molecule has 0 saturated heterocycles. The molecule has 0 unspecified atom stereocenters. The zero-order valence-corrected chi connectivity index (χ0v) is 6.74. The molecule has 0 amide bonds. The summed E-state index contributed by atoms with van der Waals surface area (Å²) in [5.74, 6) is -4.63. The van der Waals surface area contributed by atoms with Gasteiger partial charge in [0.2, 0.25) is 11.6 Å². The summed E-state index contributed by atoms with van der Waals surface area (Å²) in [5, 5.41) is 2.01. The highest BCUT2D eigenvalue weighted by molar-refractivity contribution is 5.46. The molecule has 0 radical (unpaired) electrons. The number of aromatic nitrogens is 1. The van der Waals surface area contributed by atoms with E-state index in [0.29, 0.717) is 0 Å². The molecule has 0 aliphatic heterocycles. The summed E-state index contributed by atoms with van der Waals surface area (Å²) in [5.41, 5.74) is -0.951. The molecule has 1 aromatic rings. The largest absolute Gasteiger partial charge is 0.369 e. The molecule has 0 fully saturated rings. The summed E-state index contributed by atoms with van der Waals surface area (Å²) in [6.45, 7) is -0.253. The van der Waals surface area contributed by atoms with E-state index >= 15 is 0 Å². The van der Waals surface area contributed by atoms with E-state index in [4.69, 9.17) is 6.42 Å². The van der Waals surface area contributed by atoms with E-state index in [1.165, 1.54) is 0 Å². The zero-order valence-electron chi connectivity index (χ0n) is 6.74. The second kappa shape index (κ2) is 3.96. The Labute approximate surface area is 77.0 Å². The van der Waals surface area contributed by atoms with Crippen LogP contribution in [0.3, 0.4) is 0 Å². The van der Waals surface area contributed by atoms with E-state index in [1.54, 1.807) is 0 Å². The summed E-state index contributed by atoms with van der Waals surface area (Å²) >= 11 is 0. The molecule has 1 rings (SSSR count). The lowest BCUT2D eigenvalue weighted by Crippen LogP contribution is -2.09. The maximum absolute atomic E-state index is 12.8. The predicted molar refractivity (Wildman–Crippen MR) is 41.4 cm³/mol. The Morgan fingerprint density at radius 3 is 2.07 bits per heavy atom. The van der Waals surface area contributed by atoms with E-state index < -0.39 is 29.2 Å². The van der Waals surface area contributed by atoms with Crippen LogP contribution < -0.4 is 5.32 Å². The van der Waals surface area contributed by atoms with Crippen molar-refractivity contribution in [1.82, 2.24) is 4.98 Å². The first-order chi connectivity index (χ1) is 6.57. The van der Waals surface area contributed by atoms with Gasteiger partial charge in [-0.15, -0.1) is 6.42 Å². The minimum absolute atomic E-state index is 0.253. The van der Waals surface area contributed by atoms with Crippen LogP contribution in [0.25, 0.3) is 0 Å². The minimum atomic E-state index is -1.72. The van der Waals surface area contributed by atoms with Crippen molar-refractivity contribution >= 4 is 5.69 Å². The molecule has 6 heteroatoms. The standard InChI is InChI=1S/C8H4F4N2/c1-2-3-13-6-4(9)7(11)14-8(12)5(6)10/h1H,3H2,(H,13,14). The van der Waals surface area contributed by atoms with Crippen molar-refractivity contribution in [3.05, 3.63) is 23.5 Å². The first kappa shape index (κ1) is 10.3. The van der Waals surface area contributed by atoms with Crippen molar-refractivity contribution in [2.75, 3.05) is 11.9 Å². The number of terminal acetylenes is 1. The number of nitrogens with zero attached hydrogens (tertiary/aromatic N) is 1. The average Bonchev–Trinajstić information content (AvgIpc) is 2.15. The van der Waals surface area contributed by atoms with Crippen LogP contribution in [-0.4, -0.2) is 11.5 Å². The van der Waals surface area contributed by atoms with Gasteiger partial charge in [-0.2, -0.15) is 22.5 Å². The third kappa shape index (κ3) is 1.76. The van der Waals surface area contributed by atoms with E-state index in [9.17, 15) is 17.6 Å². The van der Waals surface area contributed by atoms with Crippen LogP contribution in [-0.2, 0) is 0 Å². The van der Waals surface area contributed by atoms with Crippen molar-refractivity contribution < 1.29 is 17.6 Å². The molecule has 1 heterocycles. The molecular formula is C8H4F4N2. The summed E-state index contributed by atoms with van der Waals surface area (Å²) < 4.78 is 50.5. The fraction of sp³-hybridized carbons (Fsp3) is 0.125. The van der Waals surface area contributed by atoms with E-state index in [0.717, 1.165) is 0 Å². The highest BCUT2D eigenvalue weighted by Gasteiger charge is 2.19. The molecule has 1 N–H and O–H groups in total. The van der Waals surface area contributed by atoms with Gasteiger partial charge in [-0.3, -0.25) is 0 Å². The Hall–Kier alpha value is -1.77. The smallest absolute Gasteiger partial charge is 0.253 e. The van der Waals surface area contributed by atoms with Gasteiger partial charge in [0.25, 0.3) is 11.9 Å². The van der Waals surface area contributed by atoms with Crippen LogP contribution in [0.4, 0.5) is 23.2 Å². The fourth-order valence-electron chi connectivity index (χ4n) is 0.782. The van der Waals surface area contributed by atoms with Crippen LogP contribution in [0.15, 0.2) is 0 Å². The fourth-order valence-corrected chi connectivity index (χ4v) is 0.782. The monoisotopic (exact) mass is 204 g/mol. The molecule has 0 aromatic carbocycles. The number of rotatable bonds is 2. The van der Waals surface area contributed by atoms with Gasteiger partial charge in [-0.1, -0.05) is 5.92 Å². The lowest BCUT2D eigenvalue weighted by molar-refractivity contribution is 0.411. The van der Waals surface area contributed by atoms with E-state index in [-0.39, 0.29) is 6.54 Å². The molecule has 0 saturated carbocycles. The Balaban J connectivity index is 3.19. The lowest BCUT2D eigenvalue weighted by Gasteiger charge is -2.05. The van der Waals surface area contributed by atoms with Gasteiger partial charge in [0.15, 0.2) is 0 Å². The third-order valence-electron chi connectivity index (χ3n) is 1.36. The molecule has 0 spiro atoms. The minimum Gasteiger partial charge on any atom is -0.369 e. The third-order valence-corrected chi connectivity index (χ3v) is 1.36. The number of pyridine rings is 1. The molecule has 74 valence electrons. The van der Waals surface area contributed by atoms with Gasteiger partial charge >= 0.3 is 0 Å². The summed E-state index contributed by atoms with van der Waals surface area (Å²) in [6.07, 6.45) is 4.79. The van der Waals surface area contributed by atoms with Crippen molar-refractivity contribution in [3.63, 3.8) is 0 Å². The molecule has 0 atom stereocenters. The molecule has 0 bridgehead atoms. The maximum atomic E-state index is 12.8. The van der Waals surface area contributed by atoms with Crippen molar-refractivity contribution in [2.45, 2.75) is 0 Å². The van der Waals surface area contributed by atoms with Gasteiger partial charge in [0.1, 0.15) is 5.69 Å². The molecule has 0 aliphatic rings.